The Labute approximate surface area is 90.8 Å². The summed E-state index contributed by atoms with van der Waals surface area (Å²) in [6, 6.07) is 0. The molecule has 0 saturated heterocycles. The molecule has 0 aromatic carbocycles. The molecular formula is C9H10N4OS. The zero-order valence-electron chi connectivity index (χ0n) is 8.47. The average Bonchev–Trinajstić information content (AvgIpc) is 2.76. The van der Waals surface area contributed by atoms with Gasteiger partial charge in [-0.3, -0.25) is 9.48 Å². The first-order valence-corrected chi connectivity index (χ1v) is 5.32. The third-order valence-electron chi connectivity index (χ3n) is 2.12. The van der Waals surface area contributed by atoms with Crippen LogP contribution in [0.1, 0.15) is 21.2 Å². The van der Waals surface area contributed by atoms with Crippen molar-refractivity contribution < 1.29 is 4.79 Å². The summed E-state index contributed by atoms with van der Waals surface area (Å²) in [6.07, 6.45) is 1.72. The molecule has 0 radical (unpaired) electrons. The molecule has 0 unspecified atom stereocenters. The third kappa shape index (κ3) is 1.94. The van der Waals surface area contributed by atoms with E-state index in [1.54, 1.807) is 17.2 Å². The van der Waals surface area contributed by atoms with Crippen molar-refractivity contribution in [2.24, 2.45) is 7.05 Å². The highest BCUT2D eigenvalue weighted by Crippen LogP contribution is 2.14. The molecule has 2 heterocycles. The van der Waals surface area contributed by atoms with Crippen LogP contribution in [0.3, 0.4) is 0 Å². The highest BCUT2D eigenvalue weighted by Gasteiger charge is 2.14. The van der Waals surface area contributed by atoms with Gasteiger partial charge in [-0.05, 0) is 6.92 Å². The van der Waals surface area contributed by atoms with Gasteiger partial charge in [0, 0.05) is 7.05 Å². The lowest BCUT2D eigenvalue weighted by Gasteiger charge is -1.98. The lowest BCUT2D eigenvalue weighted by molar-refractivity contribution is 0.0993. The van der Waals surface area contributed by atoms with Crippen LogP contribution in [-0.2, 0) is 13.5 Å². The number of carbonyl (C=O) groups excluding carboxylic acids is 1. The van der Waals surface area contributed by atoms with E-state index in [9.17, 15) is 4.79 Å². The van der Waals surface area contributed by atoms with Gasteiger partial charge in [-0.2, -0.15) is 5.10 Å². The minimum Gasteiger partial charge on any atom is -0.293 e. The van der Waals surface area contributed by atoms with Crippen LogP contribution >= 0.6 is 11.3 Å². The fourth-order valence-corrected chi connectivity index (χ4v) is 2.02. The van der Waals surface area contributed by atoms with E-state index in [-0.39, 0.29) is 12.2 Å². The fraction of sp³-hybridized carbons (Fsp3) is 0.333. The van der Waals surface area contributed by atoms with Crippen molar-refractivity contribution >= 4 is 17.1 Å². The van der Waals surface area contributed by atoms with Gasteiger partial charge in [-0.15, -0.1) is 11.3 Å². The summed E-state index contributed by atoms with van der Waals surface area (Å²) in [7, 11) is 1.77. The van der Waals surface area contributed by atoms with E-state index in [4.69, 9.17) is 0 Å². The Bertz CT molecular complexity index is 488. The molecule has 0 spiro atoms. The second-order valence-corrected chi connectivity index (χ2v) is 4.02. The molecule has 0 aliphatic heterocycles. The van der Waals surface area contributed by atoms with Gasteiger partial charge < -0.3 is 0 Å². The normalized spacial score (nSPS) is 10.5. The fourth-order valence-electron chi connectivity index (χ4n) is 1.27. The van der Waals surface area contributed by atoms with Crippen LogP contribution < -0.4 is 0 Å². The molecule has 0 aliphatic carbocycles. The molecule has 0 atom stereocenters. The van der Waals surface area contributed by atoms with E-state index in [0.29, 0.717) is 10.7 Å². The summed E-state index contributed by atoms with van der Waals surface area (Å²) in [4.78, 5) is 20.6. The van der Waals surface area contributed by atoms with Crippen molar-refractivity contribution in [3.05, 3.63) is 28.2 Å². The molecule has 0 saturated carbocycles. The first kappa shape index (κ1) is 9.97. The number of aromatic nitrogens is 4. The number of nitrogens with zero attached hydrogens (tertiary/aromatic N) is 4. The van der Waals surface area contributed by atoms with E-state index >= 15 is 0 Å². The standard InChI is InChI=1S/C9H10N4OS/c1-6-9(15-5-11-6)7(14)3-8-10-4-12-13(8)2/h4-5H,3H2,1-2H3. The maximum absolute atomic E-state index is 11.8. The van der Waals surface area contributed by atoms with Gasteiger partial charge in [-0.25, -0.2) is 9.97 Å². The van der Waals surface area contributed by atoms with E-state index in [1.165, 1.54) is 17.7 Å². The Morgan fingerprint density at radius 3 is 2.87 bits per heavy atom. The summed E-state index contributed by atoms with van der Waals surface area (Å²) in [5.74, 6) is 0.721. The van der Waals surface area contributed by atoms with Crippen molar-refractivity contribution in [1.29, 1.82) is 0 Å². The van der Waals surface area contributed by atoms with E-state index in [2.05, 4.69) is 15.1 Å². The predicted molar refractivity (Wildman–Crippen MR) is 55.9 cm³/mol. The topological polar surface area (TPSA) is 60.7 Å². The van der Waals surface area contributed by atoms with E-state index < -0.39 is 0 Å². The van der Waals surface area contributed by atoms with Gasteiger partial charge in [0.25, 0.3) is 0 Å². The lowest BCUT2D eigenvalue weighted by Crippen LogP contribution is -2.08. The lowest BCUT2D eigenvalue weighted by atomic mass is 10.2. The molecule has 2 aromatic rings. The van der Waals surface area contributed by atoms with Crippen molar-refractivity contribution in [1.82, 2.24) is 19.7 Å². The minimum atomic E-state index is 0.0473. The molecule has 6 heteroatoms. The maximum atomic E-state index is 11.8. The van der Waals surface area contributed by atoms with Crippen LogP contribution in [0.25, 0.3) is 0 Å². The smallest absolute Gasteiger partial charge is 0.182 e. The predicted octanol–water partition coefficient (Wildman–Crippen LogP) is 1.01. The SMILES string of the molecule is Cc1ncsc1C(=O)Cc1ncnn1C. The van der Waals surface area contributed by atoms with Crippen LogP contribution in [0.5, 0.6) is 0 Å². The van der Waals surface area contributed by atoms with Crippen molar-refractivity contribution in [2.45, 2.75) is 13.3 Å². The monoisotopic (exact) mass is 222 g/mol. The number of hydrogen-bond donors (Lipinski definition) is 0. The Morgan fingerprint density at radius 2 is 2.33 bits per heavy atom. The second-order valence-electron chi connectivity index (χ2n) is 3.17. The van der Waals surface area contributed by atoms with Crippen LogP contribution in [0.4, 0.5) is 0 Å². The number of thiazole rings is 1. The number of rotatable bonds is 3. The summed E-state index contributed by atoms with van der Waals surface area (Å²) >= 11 is 1.37. The summed E-state index contributed by atoms with van der Waals surface area (Å²) < 4.78 is 1.61. The van der Waals surface area contributed by atoms with Crippen LogP contribution in [0, 0.1) is 6.92 Å². The Kier molecular flexibility index (Phi) is 2.59. The third-order valence-corrected chi connectivity index (χ3v) is 3.09. The van der Waals surface area contributed by atoms with Gasteiger partial charge >= 0.3 is 0 Å². The molecular weight excluding hydrogens is 212 g/mol. The van der Waals surface area contributed by atoms with E-state index in [1.807, 2.05) is 6.92 Å². The van der Waals surface area contributed by atoms with Gasteiger partial charge in [0.2, 0.25) is 0 Å². The number of aryl methyl sites for hydroxylation is 2. The highest BCUT2D eigenvalue weighted by molar-refractivity contribution is 7.11. The molecule has 0 amide bonds. The van der Waals surface area contributed by atoms with Crippen molar-refractivity contribution in [2.75, 3.05) is 0 Å². The molecule has 0 bridgehead atoms. The summed E-state index contributed by atoms with van der Waals surface area (Å²) in [5, 5.41) is 3.91. The number of ketones is 1. The summed E-state index contributed by atoms with van der Waals surface area (Å²) in [5.41, 5.74) is 2.46. The van der Waals surface area contributed by atoms with Crippen molar-refractivity contribution in [3.8, 4) is 0 Å². The largest absolute Gasteiger partial charge is 0.293 e. The maximum Gasteiger partial charge on any atom is 0.182 e. The quantitative estimate of drug-likeness (QED) is 0.727. The second kappa shape index (κ2) is 3.90. The van der Waals surface area contributed by atoms with Crippen molar-refractivity contribution in [3.63, 3.8) is 0 Å². The van der Waals surface area contributed by atoms with Crippen LogP contribution in [-0.4, -0.2) is 25.5 Å². The van der Waals surface area contributed by atoms with Crippen LogP contribution in [0.15, 0.2) is 11.8 Å². The zero-order valence-corrected chi connectivity index (χ0v) is 9.28. The van der Waals surface area contributed by atoms with Gasteiger partial charge in [0.1, 0.15) is 12.2 Å². The van der Waals surface area contributed by atoms with E-state index in [0.717, 1.165) is 5.69 Å². The number of carbonyl (C=O) groups is 1. The molecule has 15 heavy (non-hydrogen) atoms. The molecule has 0 fully saturated rings. The Morgan fingerprint density at radius 1 is 1.53 bits per heavy atom. The number of hydrogen-bond acceptors (Lipinski definition) is 5. The first-order valence-electron chi connectivity index (χ1n) is 4.44. The molecule has 0 aliphatic rings. The zero-order chi connectivity index (χ0) is 10.8. The first-order chi connectivity index (χ1) is 7.18. The van der Waals surface area contributed by atoms with Gasteiger partial charge in [0.05, 0.1) is 22.5 Å². The molecule has 2 rings (SSSR count). The highest BCUT2D eigenvalue weighted by atomic mass is 32.1. The molecule has 5 nitrogen and oxygen atoms in total. The molecule has 2 aromatic heterocycles. The summed E-state index contributed by atoms with van der Waals surface area (Å²) in [6.45, 7) is 1.83. The van der Waals surface area contributed by atoms with Gasteiger partial charge in [0.15, 0.2) is 5.78 Å². The Hall–Kier alpha value is -1.56. The Balaban J connectivity index is 2.18. The number of Topliss-reactive ketones (excluding diaryl/α,β-unsaturated/α-hetero) is 1. The average molecular weight is 222 g/mol. The van der Waals surface area contributed by atoms with Gasteiger partial charge in [-0.1, -0.05) is 0 Å². The van der Waals surface area contributed by atoms with Crippen LogP contribution in [0.2, 0.25) is 0 Å². The molecule has 0 N–H and O–H groups in total. The molecule has 78 valence electrons. The minimum absolute atomic E-state index is 0.0473.